The highest BCUT2D eigenvalue weighted by molar-refractivity contribution is 5.43. The predicted molar refractivity (Wildman–Crippen MR) is 69.2 cm³/mol. The van der Waals surface area contributed by atoms with E-state index in [1.54, 1.807) is 26.4 Å². The van der Waals surface area contributed by atoms with Crippen molar-refractivity contribution in [1.29, 1.82) is 0 Å². The number of pyridine rings is 1. The van der Waals surface area contributed by atoms with Gasteiger partial charge in [0.2, 0.25) is 0 Å². The molecule has 1 aromatic heterocycles. The van der Waals surface area contributed by atoms with Gasteiger partial charge in [-0.05, 0) is 26.0 Å². The minimum atomic E-state index is -0.219. The standard InChI is InChI=1S/C13H20FN3O/c1-15-8-10-5-6-16-13(12(10)14)17-7-3-4-11(9-17)18-2/h5-6,11,15H,3-4,7-9H2,1-2H3. The van der Waals surface area contributed by atoms with Gasteiger partial charge in [0.1, 0.15) is 0 Å². The Balaban J connectivity index is 2.19. The monoisotopic (exact) mass is 253 g/mol. The van der Waals surface area contributed by atoms with E-state index in [0.29, 0.717) is 24.5 Å². The lowest BCUT2D eigenvalue weighted by molar-refractivity contribution is 0.0889. The van der Waals surface area contributed by atoms with Gasteiger partial charge in [-0.15, -0.1) is 0 Å². The van der Waals surface area contributed by atoms with E-state index in [0.717, 1.165) is 19.4 Å². The van der Waals surface area contributed by atoms with Crippen LogP contribution in [0.4, 0.5) is 10.2 Å². The van der Waals surface area contributed by atoms with Crippen LogP contribution in [0.25, 0.3) is 0 Å². The molecule has 0 amide bonds. The molecule has 1 atom stereocenters. The van der Waals surface area contributed by atoms with Crippen molar-refractivity contribution in [2.24, 2.45) is 0 Å². The fourth-order valence-corrected chi connectivity index (χ4v) is 2.34. The number of anilines is 1. The zero-order valence-electron chi connectivity index (χ0n) is 10.9. The first-order valence-electron chi connectivity index (χ1n) is 6.32. The van der Waals surface area contributed by atoms with Crippen molar-refractivity contribution >= 4 is 5.82 Å². The second-order valence-electron chi connectivity index (χ2n) is 4.58. The largest absolute Gasteiger partial charge is 0.380 e. The first-order chi connectivity index (χ1) is 8.76. The van der Waals surface area contributed by atoms with E-state index < -0.39 is 0 Å². The van der Waals surface area contributed by atoms with Crippen LogP contribution < -0.4 is 10.2 Å². The molecule has 0 spiro atoms. The van der Waals surface area contributed by atoms with Gasteiger partial charge in [-0.1, -0.05) is 0 Å². The minimum Gasteiger partial charge on any atom is -0.380 e. The summed E-state index contributed by atoms with van der Waals surface area (Å²) in [6.45, 7) is 2.07. The topological polar surface area (TPSA) is 37.4 Å². The second-order valence-corrected chi connectivity index (χ2v) is 4.58. The molecule has 0 aliphatic carbocycles. The van der Waals surface area contributed by atoms with Crippen LogP contribution in [0.3, 0.4) is 0 Å². The Kier molecular flexibility index (Phi) is 4.49. The summed E-state index contributed by atoms with van der Waals surface area (Å²) in [4.78, 5) is 6.16. The fraction of sp³-hybridized carbons (Fsp3) is 0.615. The molecule has 1 aromatic rings. The van der Waals surface area contributed by atoms with Crippen molar-refractivity contribution in [1.82, 2.24) is 10.3 Å². The Morgan fingerprint density at radius 1 is 1.61 bits per heavy atom. The van der Waals surface area contributed by atoms with Gasteiger partial charge in [0, 0.05) is 38.5 Å². The number of rotatable bonds is 4. The lowest BCUT2D eigenvalue weighted by atomic mass is 10.1. The van der Waals surface area contributed by atoms with Crippen molar-refractivity contribution < 1.29 is 9.13 Å². The maximum absolute atomic E-state index is 14.3. The number of hydrogen-bond acceptors (Lipinski definition) is 4. The lowest BCUT2D eigenvalue weighted by Crippen LogP contribution is -2.40. The van der Waals surface area contributed by atoms with E-state index in [1.807, 2.05) is 4.90 Å². The van der Waals surface area contributed by atoms with Gasteiger partial charge in [0.05, 0.1) is 6.10 Å². The molecule has 1 aliphatic rings. The zero-order chi connectivity index (χ0) is 13.0. The van der Waals surface area contributed by atoms with Gasteiger partial charge in [-0.3, -0.25) is 0 Å². The van der Waals surface area contributed by atoms with Crippen LogP contribution in [-0.2, 0) is 11.3 Å². The fourth-order valence-electron chi connectivity index (χ4n) is 2.34. The quantitative estimate of drug-likeness (QED) is 0.883. The molecule has 4 nitrogen and oxygen atoms in total. The Morgan fingerprint density at radius 2 is 2.44 bits per heavy atom. The van der Waals surface area contributed by atoms with Crippen molar-refractivity contribution in [2.45, 2.75) is 25.5 Å². The molecular weight excluding hydrogens is 233 g/mol. The molecule has 0 saturated carbocycles. The summed E-state index contributed by atoms with van der Waals surface area (Å²) in [5.74, 6) is 0.230. The predicted octanol–water partition coefficient (Wildman–Crippen LogP) is 1.56. The minimum absolute atomic E-state index is 0.174. The number of ether oxygens (including phenoxy) is 1. The molecule has 2 rings (SSSR count). The zero-order valence-corrected chi connectivity index (χ0v) is 10.9. The van der Waals surface area contributed by atoms with Gasteiger partial charge in [0.25, 0.3) is 0 Å². The lowest BCUT2D eigenvalue weighted by Gasteiger charge is -2.33. The van der Waals surface area contributed by atoms with Crippen LogP contribution in [0.2, 0.25) is 0 Å². The highest BCUT2D eigenvalue weighted by Gasteiger charge is 2.23. The van der Waals surface area contributed by atoms with Crippen LogP contribution in [0.5, 0.6) is 0 Å². The van der Waals surface area contributed by atoms with Crippen LogP contribution in [-0.4, -0.2) is 38.3 Å². The third kappa shape index (κ3) is 2.79. The molecule has 1 saturated heterocycles. The van der Waals surface area contributed by atoms with E-state index in [4.69, 9.17) is 4.74 Å². The summed E-state index contributed by atoms with van der Waals surface area (Å²) in [6.07, 6.45) is 3.88. The van der Waals surface area contributed by atoms with Gasteiger partial charge in [-0.25, -0.2) is 9.37 Å². The van der Waals surface area contributed by atoms with Crippen LogP contribution in [0.15, 0.2) is 12.3 Å². The SMILES string of the molecule is CNCc1ccnc(N2CCCC(OC)C2)c1F. The molecule has 0 aromatic carbocycles. The van der Waals surface area contributed by atoms with Crippen molar-refractivity contribution in [3.63, 3.8) is 0 Å². The Morgan fingerprint density at radius 3 is 3.17 bits per heavy atom. The molecular formula is C13H20FN3O. The molecule has 1 unspecified atom stereocenters. The summed E-state index contributed by atoms with van der Waals surface area (Å²) in [6, 6.07) is 1.72. The average molecular weight is 253 g/mol. The Bertz CT molecular complexity index is 400. The highest BCUT2D eigenvalue weighted by atomic mass is 19.1. The van der Waals surface area contributed by atoms with E-state index in [9.17, 15) is 4.39 Å². The van der Waals surface area contributed by atoms with E-state index in [1.165, 1.54) is 0 Å². The molecule has 100 valence electrons. The molecule has 0 radical (unpaired) electrons. The Labute approximate surface area is 107 Å². The average Bonchev–Trinajstić information content (AvgIpc) is 2.41. The van der Waals surface area contributed by atoms with E-state index in [-0.39, 0.29) is 11.9 Å². The molecule has 2 heterocycles. The van der Waals surface area contributed by atoms with Crippen LogP contribution in [0.1, 0.15) is 18.4 Å². The molecule has 18 heavy (non-hydrogen) atoms. The first-order valence-corrected chi connectivity index (χ1v) is 6.32. The summed E-state index contributed by atoms with van der Waals surface area (Å²) in [5.41, 5.74) is 0.655. The second kappa shape index (κ2) is 6.11. The number of hydrogen-bond donors (Lipinski definition) is 1. The molecule has 5 heteroatoms. The molecule has 1 N–H and O–H groups in total. The van der Waals surface area contributed by atoms with E-state index >= 15 is 0 Å². The maximum atomic E-state index is 14.3. The normalized spacial score (nSPS) is 20.2. The Hall–Kier alpha value is -1.20. The maximum Gasteiger partial charge on any atom is 0.170 e. The molecule has 0 bridgehead atoms. The smallest absolute Gasteiger partial charge is 0.170 e. The van der Waals surface area contributed by atoms with Crippen molar-refractivity contribution in [2.75, 3.05) is 32.1 Å². The van der Waals surface area contributed by atoms with Gasteiger partial charge in [0.15, 0.2) is 11.6 Å². The summed E-state index contributed by atoms with van der Waals surface area (Å²) >= 11 is 0. The molecule has 1 fully saturated rings. The highest BCUT2D eigenvalue weighted by Crippen LogP contribution is 2.23. The third-order valence-corrected chi connectivity index (χ3v) is 3.33. The molecule has 1 aliphatic heterocycles. The summed E-state index contributed by atoms with van der Waals surface area (Å²) in [5, 5.41) is 2.96. The number of halogens is 1. The summed E-state index contributed by atoms with van der Waals surface area (Å²) < 4.78 is 19.6. The van der Waals surface area contributed by atoms with Crippen molar-refractivity contribution in [3.8, 4) is 0 Å². The van der Waals surface area contributed by atoms with Gasteiger partial charge in [-0.2, -0.15) is 0 Å². The number of piperidine rings is 1. The van der Waals surface area contributed by atoms with Crippen LogP contribution >= 0.6 is 0 Å². The number of nitrogens with one attached hydrogen (secondary N) is 1. The van der Waals surface area contributed by atoms with E-state index in [2.05, 4.69) is 10.3 Å². The number of methoxy groups -OCH3 is 1. The summed E-state index contributed by atoms with van der Waals surface area (Å²) in [7, 11) is 3.51. The number of aromatic nitrogens is 1. The van der Waals surface area contributed by atoms with Gasteiger partial charge >= 0.3 is 0 Å². The number of nitrogens with zero attached hydrogens (tertiary/aromatic N) is 2. The van der Waals surface area contributed by atoms with Gasteiger partial charge < -0.3 is 15.0 Å². The van der Waals surface area contributed by atoms with Crippen molar-refractivity contribution in [3.05, 3.63) is 23.6 Å². The van der Waals surface area contributed by atoms with Crippen LogP contribution in [0, 0.1) is 5.82 Å². The first kappa shape index (κ1) is 13.2. The third-order valence-electron chi connectivity index (χ3n) is 3.33.